The van der Waals surface area contributed by atoms with Gasteiger partial charge in [0.15, 0.2) is 0 Å². The van der Waals surface area contributed by atoms with Gasteiger partial charge in [0.05, 0.1) is 4.90 Å². The first kappa shape index (κ1) is 18.5. The van der Waals surface area contributed by atoms with E-state index >= 15 is 0 Å². The molecule has 0 atom stereocenters. The van der Waals surface area contributed by atoms with E-state index in [4.69, 9.17) is 0 Å². The van der Waals surface area contributed by atoms with Gasteiger partial charge in [-0.25, -0.2) is 8.42 Å². The molecule has 0 saturated heterocycles. The van der Waals surface area contributed by atoms with E-state index in [1.54, 1.807) is 24.3 Å². The van der Waals surface area contributed by atoms with Gasteiger partial charge in [-0.05, 0) is 55.5 Å². The molecule has 0 fully saturated rings. The Morgan fingerprint density at radius 2 is 1.56 bits per heavy atom. The predicted octanol–water partition coefficient (Wildman–Crippen LogP) is 3.75. The van der Waals surface area contributed by atoms with Crippen LogP contribution in [-0.4, -0.2) is 19.4 Å². The van der Waals surface area contributed by atoms with E-state index < -0.39 is 15.9 Å². The molecule has 3 N–H and O–H groups in total. The maximum atomic E-state index is 12.5. The number of benzene rings is 3. The van der Waals surface area contributed by atoms with E-state index in [9.17, 15) is 18.3 Å². The molecule has 1 amide bonds. The Morgan fingerprint density at radius 1 is 0.889 bits per heavy atom. The summed E-state index contributed by atoms with van der Waals surface area (Å²) < 4.78 is 27.4. The van der Waals surface area contributed by atoms with E-state index in [-0.39, 0.29) is 10.6 Å². The Morgan fingerprint density at radius 3 is 2.19 bits per heavy atom. The third-order valence-corrected chi connectivity index (χ3v) is 5.23. The highest BCUT2D eigenvalue weighted by Gasteiger charge is 2.15. The van der Waals surface area contributed by atoms with Crippen LogP contribution in [-0.2, 0) is 10.0 Å². The molecule has 0 radical (unpaired) electrons. The lowest BCUT2D eigenvalue weighted by Gasteiger charge is -2.09. The van der Waals surface area contributed by atoms with Crippen LogP contribution in [0.2, 0.25) is 0 Å². The SMILES string of the molecule is Cc1ccc(NS(=O)(=O)c2ccc(C(=O)Nc3cccc(O)c3)cc2)cc1. The third-order valence-electron chi connectivity index (χ3n) is 3.83. The fourth-order valence-corrected chi connectivity index (χ4v) is 3.47. The van der Waals surface area contributed by atoms with Gasteiger partial charge in [0, 0.05) is 23.0 Å². The van der Waals surface area contributed by atoms with Crippen LogP contribution in [0.5, 0.6) is 5.75 Å². The first-order chi connectivity index (χ1) is 12.8. The van der Waals surface area contributed by atoms with E-state index in [0.717, 1.165) is 5.56 Å². The Hall–Kier alpha value is -3.32. The summed E-state index contributed by atoms with van der Waals surface area (Å²) in [5.41, 5.74) is 2.23. The van der Waals surface area contributed by atoms with Crippen LogP contribution in [0.4, 0.5) is 11.4 Å². The van der Waals surface area contributed by atoms with Crippen molar-refractivity contribution in [3.63, 3.8) is 0 Å². The molecule has 0 aliphatic heterocycles. The molecule has 3 aromatic rings. The lowest BCUT2D eigenvalue weighted by Crippen LogP contribution is -2.14. The van der Waals surface area contributed by atoms with Gasteiger partial charge < -0.3 is 10.4 Å². The molecule has 0 aromatic heterocycles. The summed E-state index contributed by atoms with van der Waals surface area (Å²) in [6.07, 6.45) is 0. The van der Waals surface area contributed by atoms with Crippen molar-refractivity contribution >= 4 is 27.3 Å². The second-order valence-corrected chi connectivity index (χ2v) is 7.68. The van der Waals surface area contributed by atoms with Crippen molar-refractivity contribution in [1.82, 2.24) is 0 Å². The molecule has 3 rings (SSSR count). The van der Waals surface area contributed by atoms with Crippen molar-refractivity contribution in [3.05, 3.63) is 83.9 Å². The molecule has 0 aliphatic rings. The van der Waals surface area contributed by atoms with E-state index in [0.29, 0.717) is 16.9 Å². The van der Waals surface area contributed by atoms with Gasteiger partial charge in [-0.2, -0.15) is 0 Å². The Labute approximate surface area is 157 Å². The Balaban J connectivity index is 1.73. The molecule has 0 heterocycles. The van der Waals surface area contributed by atoms with Crippen LogP contribution in [0, 0.1) is 6.92 Å². The van der Waals surface area contributed by atoms with E-state index in [1.165, 1.54) is 36.4 Å². The zero-order valence-electron chi connectivity index (χ0n) is 14.5. The average Bonchev–Trinajstić information content (AvgIpc) is 2.63. The highest BCUT2D eigenvalue weighted by atomic mass is 32.2. The summed E-state index contributed by atoms with van der Waals surface area (Å²) in [4.78, 5) is 12.3. The van der Waals surface area contributed by atoms with Gasteiger partial charge in [-0.1, -0.05) is 23.8 Å². The number of aryl methyl sites for hydroxylation is 1. The second-order valence-electron chi connectivity index (χ2n) is 6.00. The fraction of sp³-hybridized carbons (Fsp3) is 0.0500. The molecule has 27 heavy (non-hydrogen) atoms. The van der Waals surface area contributed by atoms with Gasteiger partial charge >= 0.3 is 0 Å². The van der Waals surface area contributed by atoms with Gasteiger partial charge in [-0.15, -0.1) is 0 Å². The number of rotatable bonds is 5. The molecule has 0 bridgehead atoms. The smallest absolute Gasteiger partial charge is 0.261 e. The molecule has 138 valence electrons. The number of carbonyl (C=O) groups is 1. The third kappa shape index (κ3) is 4.65. The molecule has 7 heteroatoms. The van der Waals surface area contributed by atoms with Crippen molar-refractivity contribution in [3.8, 4) is 5.75 Å². The fourth-order valence-electron chi connectivity index (χ4n) is 2.41. The number of nitrogens with one attached hydrogen (secondary N) is 2. The average molecular weight is 382 g/mol. The second kappa shape index (κ2) is 7.51. The molecule has 3 aromatic carbocycles. The lowest BCUT2D eigenvalue weighted by molar-refractivity contribution is 0.102. The van der Waals surface area contributed by atoms with Gasteiger partial charge in [0.2, 0.25) is 0 Å². The minimum Gasteiger partial charge on any atom is -0.508 e. The largest absolute Gasteiger partial charge is 0.508 e. The first-order valence-corrected chi connectivity index (χ1v) is 9.62. The van der Waals surface area contributed by atoms with Crippen molar-refractivity contribution < 1.29 is 18.3 Å². The van der Waals surface area contributed by atoms with Crippen LogP contribution in [0.15, 0.2) is 77.7 Å². The molecule has 0 spiro atoms. The van der Waals surface area contributed by atoms with Gasteiger partial charge in [-0.3, -0.25) is 9.52 Å². The van der Waals surface area contributed by atoms with Crippen LogP contribution in [0.1, 0.15) is 15.9 Å². The summed E-state index contributed by atoms with van der Waals surface area (Å²) >= 11 is 0. The maximum absolute atomic E-state index is 12.5. The van der Waals surface area contributed by atoms with Crippen LogP contribution in [0.25, 0.3) is 0 Å². The number of phenols is 1. The summed E-state index contributed by atoms with van der Waals surface area (Å²) in [6, 6.07) is 18.8. The normalized spacial score (nSPS) is 11.0. The molecule has 0 aliphatic carbocycles. The molecule has 0 saturated carbocycles. The summed E-state index contributed by atoms with van der Waals surface area (Å²) in [7, 11) is -3.75. The minimum atomic E-state index is -3.75. The monoisotopic (exact) mass is 382 g/mol. The number of anilines is 2. The van der Waals surface area contributed by atoms with Gasteiger partial charge in [0.1, 0.15) is 5.75 Å². The van der Waals surface area contributed by atoms with Crippen LogP contribution in [0.3, 0.4) is 0 Å². The quantitative estimate of drug-likeness (QED) is 0.626. The van der Waals surface area contributed by atoms with Crippen molar-refractivity contribution in [1.29, 1.82) is 0 Å². The van der Waals surface area contributed by atoms with Crippen molar-refractivity contribution in [2.24, 2.45) is 0 Å². The van der Waals surface area contributed by atoms with E-state index in [2.05, 4.69) is 10.0 Å². The molecule has 6 nitrogen and oxygen atoms in total. The summed E-state index contributed by atoms with van der Waals surface area (Å²) in [5, 5.41) is 12.1. The topological polar surface area (TPSA) is 95.5 Å². The Kier molecular flexibility index (Phi) is 5.14. The van der Waals surface area contributed by atoms with Crippen LogP contribution < -0.4 is 10.0 Å². The number of carbonyl (C=O) groups excluding carboxylic acids is 1. The number of sulfonamides is 1. The first-order valence-electron chi connectivity index (χ1n) is 8.13. The lowest BCUT2D eigenvalue weighted by atomic mass is 10.2. The highest BCUT2D eigenvalue weighted by molar-refractivity contribution is 7.92. The number of hydrogen-bond donors (Lipinski definition) is 3. The number of amides is 1. The maximum Gasteiger partial charge on any atom is 0.261 e. The standard InChI is InChI=1S/C20H18N2O4S/c1-14-5-9-16(10-6-14)22-27(25,26)19-11-7-15(8-12-19)20(24)21-17-3-2-4-18(23)13-17/h2-13,22-23H,1H3,(H,21,24). The molecular weight excluding hydrogens is 364 g/mol. The number of aromatic hydroxyl groups is 1. The van der Waals surface area contributed by atoms with Crippen LogP contribution >= 0.6 is 0 Å². The van der Waals surface area contributed by atoms with Crippen molar-refractivity contribution in [2.45, 2.75) is 11.8 Å². The Bertz CT molecular complexity index is 1060. The van der Waals surface area contributed by atoms with Gasteiger partial charge in [0.25, 0.3) is 15.9 Å². The zero-order valence-corrected chi connectivity index (χ0v) is 15.3. The minimum absolute atomic E-state index is 0.0384. The van der Waals surface area contributed by atoms with E-state index in [1.807, 2.05) is 19.1 Å². The summed E-state index contributed by atoms with van der Waals surface area (Å²) in [6.45, 7) is 1.92. The number of hydrogen-bond acceptors (Lipinski definition) is 4. The predicted molar refractivity (Wildman–Crippen MR) is 104 cm³/mol. The number of phenolic OH excluding ortho intramolecular Hbond substituents is 1. The summed E-state index contributed by atoms with van der Waals surface area (Å²) in [5.74, 6) is -0.368. The highest BCUT2D eigenvalue weighted by Crippen LogP contribution is 2.19. The van der Waals surface area contributed by atoms with Crippen molar-refractivity contribution in [2.75, 3.05) is 10.0 Å². The molecule has 0 unspecified atom stereocenters. The molecular formula is C20H18N2O4S. The zero-order chi connectivity index (χ0) is 19.4.